The minimum Gasteiger partial charge on any atom is -0.481 e. The summed E-state index contributed by atoms with van der Waals surface area (Å²) in [6.07, 6.45) is 3.64. The van der Waals surface area contributed by atoms with Crippen molar-refractivity contribution in [2.45, 2.75) is 6.42 Å². The minimum absolute atomic E-state index is 0.347. The summed E-state index contributed by atoms with van der Waals surface area (Å²) >= 11 is 12.0. The summed E-state index contributed by atoms with van der Waals surface area (Å²) in [5.74, 6) is -1.12. The van der Waals surface area contributed by atoms with Gasteiger partial charge >= 0.3 is 5.97 Å². The number of hydrogen-bond acceptors (Lipinski definition) is 3. The summed E-state index contributed by atoms with van der Waals surface area (Å²) < 4.78 is 0. The van der Waals surface area contributed by atoms with Crippen LogP contribution in [0.25, 0.3) is 0 Å². The van der Waals surface area contributed by atoms with Gasteiger partial charge in [-0.3, -0.25) is 9.78 Å². The van der Waals surface area contributed by atoms with Crippen molar-refractivity contribution in [3.63, 3.8) is 0 Å². The zero-order valence-corrected chi connectivity index (χ0v) is 9.87. The Morgan fingerprint density at radius 3 is 2.56 bits per heavy atom. The van der Waals surface area contributed by atoms with Crippen molar-refractivity contribution in [1.29, 1.82) is 0 Å². The number of carboxylic acid groups (broad SMARTS) is 1. The van der Waals surface area contributed by atoms with Crippen LogP contribution in [-0.2, 0) is 4.79 Å². The van der Waals surface area contributed by atoms with Gasteiger partial charge in [-0.1, -0.05) is 23.2 Å². The normalized spacial score (nSPS) is 20.1. The largest absolute Gasteiger partial charge is 0.481 e. The zero-order chi connectivity index (χ0) is 11.7. The molecule has 0 radical (unpaired) electrons. The molecule has 1 N–H and O–H groups in total. The molecule has 0 bridgehead atoms. The smallest absolute Gasteiger partial charge is 0.308 e. The maximum atomic E-state index is 10.8. The maximum Gasteiger partial charge on any atom is 0.308 e. The summed E-state index contributed by atoms with van der Waals surface area (Å²) in [6, 6.07) is 0. The first-order chi connectivity index (χ1) is 7.59. The topological polar surface area (TPSA) is 53.4 Å². The standard InChI is InChI=1S/C10H10Cl2N2O2/c11-7-3-13-4-8(12)9(7)14-2-1-6(5-14)10(15)16/h3-4,6H,1-2,5H2,(H,15,16). The van der Waals surface area contributed by atoms with Gasteiger partial charge in [0.05, 0.1) is 21.7 Å². The average Bonchev–Trinajstić information content (AvgIpc) is 2.66. The quantitative estimate of drug-likeness (QED) is 0.887. The third-order valence-corrected chi connectivity index (χ3v) is 3.24. The highest BCUT2D eigenvalue weighted by molar-refractivity contribution is 6.38. The van der Waals surface area contributed by atoms with E-state index in [4.69, 9.17) is 28.3 Å². The second-order valence-electron chi connectivity index (χ2n) is 3.72. The van der Waals surface area contributed by atoms with Crippen molar-refractivity contribution in [2.75, 3.05) is 18.0 Å². The van der Waals surface area contributed by atoms with Gasteiger partial charge in [0.25, 0.3) is 0 Å². The molecule has 1 atom stereocenters. The molecular weight excluding hydrogens is 251 g/mol. The van der Waals surface area contributed by atoms with E-state index in [0.717, 1.165) is 0 Å². The highest BCUT2D eigenvalue weighted by Crippen LogP contribution is 2.35. The van der Waals surface area contributed by atoms with Crippen molar-refractivity contribution < 1.29 is 9.90 Å². The molecule has 0 spiro atoms. The Kier molecular flexibility index (Phi) is 3.21. The molecule has 2 heterocycles. The molecule has 0 aliphatic carbocycles. The third-order valence-electron chi connectivity index (χ3n) is 2.68. The number of anilines is 1. The van der Waals surface area contributed by atoms with Gasteiger partial charge in [-0.2, -0.15) is 0 Å². The molecule has 0 saturated carbocycles. The number of pyridine rings is 1. The third kappa shape index (κ3) is 2.08. The minimum atomic E-state index is -0.774. The van der Waals surface area contributed by atoms with Crippen LogP contribution in [0.1, 0.15) is 6.42 Å². The van der Waals surface area contributed by atoms with E-state index in [1.807, 2.05) is 4.90 Å². The lowest BCUT2D eigenvalue weighted by atomic mass is 10.1. The zero-order valence-electron chi connectivity index (χ0n) is 8.36. The Morgan fingerprint density at radius 1 is 1.44 bits per heavy atom. The first-order valence-electron chi connectivity index (χ1n) is 4.86. The molecule has 0 aromatic carbocycles. The van der Waals surface area contributed by atoms with Crippen LogP contribution in [0.15, 0.2) is 12.4 Å². The van der Waals surface area contributed by atoms with E-state index >= 15 is 0 Å². The van der Waals surface area contributed by atoms with Gasteiger partial charge in [0, 0.05) is 25.5 Å². The van der Waals surface area contributed by atoms with Gasteiger partial charge in [0.2, 0.25) is 0 Å². The van der Waals surface area contributed by atoms with Crippen molar-refractivity contribution in [2.24, 2.45) is 5.92 Å². The molecule has 4 nitrogen and oxygen atoms in total. The van der Waals surface area contributed by atoms with Crippen LogP contribution in [0, 0.1) is 5.92 Å². The molecule has 1 aliphatic heterocycles. The predicted molar refractivity (Wildman–Crippen MR) is 62.2 cm³/mol. The van der Waals surface area contributed by atoms with E-state index in [0.29, 0.717) is 35.2 Å². The van der Waals surface area contributed by atoms with E-state index in [-0.39, 0.29) is 5.92 Å². The van der Waals surface area contributed by atoms with Crippen molar-refractivity contribution in [3.05, 3.63) is 22.4 Å². The lowest BCUT2D eigenvalue weighted by Gasteiger charge is -2.20. The average molecular weight is 261 g/mol. The number of carbonyl (C=O) groups is 1. The van der Waals surface area contributed by atoms with Crippen LogP contribution in [0.3, 0.4) is 0 Å². The molecule has 1 aromatic heterocycles. The van der Waals surface area contributed by atoms with Crippen LogP contribution < -0.4 is 4.90 Å². The Morgan fingerprint density at radius 2 is 2.06 bits per heavy atom. The van der Waals surface area contributed by atoms with E-state index in [2.05, 4.69) is 4.98 Å². The van der Waals surface area contributed by atoms with E-state index in [1.54, 1.807) is 0 Å². The van der Waals surface area contributed by atoms with E-state index in [1.165, 1.54) is 12.4 Å². The molecule has 0 amide bonds. The van der Waals surface area contributed by atoms with Crippen molar-refractivity contribution >= 4 is 34.9 Å². The van der Waals surface area contributed by atoms with Gasteiger partial charge < -0.3 is 10.0 Å². The fourth-order valence-corrected chi connectivity index (χ4v) is 2.48. The van der Waals surface area contributed by atoms with Crippen molar-refractivity contribution in [1.82, 2.24) is 4.98 Å². The molecule has 2 rings (SSSR count). The lowest BCUT2D eigenvalue weighted by molar-refractivity contribution is -0.140. The number of aliphatic carboxylic acids is 1. The van der Waals surface area contributed by atoms with Gasteiger partial charge in [-0.15, -0.1) is 0 Å². The monoisotopic (exact) mass is 260 g/mol. The number of halogens is 2. The summed E-state index contributed by atoms with van der Waals surface area (Å²) in [7, 11) is 0. The van der Waals surface area contributed by atoms with Crippen LogP contribution in [0.5, 0.6) is 0 Å². The van der Waals surface area contributed by atoms with Crippen molar-refractivity contribution in [3.8, 4) is 0 Å². The number of aromatic nitrogens is 1. The predicted octanol–water partition coefficient (Wildman–Crippen LogP) is 2.30. The molecular formula is C10H10Cl2N2O2. The molecule has 1 aliphatic rings. The van der Waals surface area contributed by atoms with E-state index in [9.17, 15) is 4.79 Å². The summed E-state index contributed by atoms with van der Waals surface area (Å²) in [5.41, 5.74) is 0.682. The van der Waals surface area contributed by atoms with Crippen LogP contribution >= 0.6 is 23.2 Å². The fraction of sp³-hybridized carbons (Fsp3) is 0.400. The van der Waals surface area contributed by atoms with E-state index < -0.39 is 5.97 Å². The Hall–Kier alpha value is -1.00. The highest BCUT2D eigenvalue weighted by atomic mass is 35.5. The Bertz CT molecular complexity index is 405. The van der Waals surface area contributed by atoms with Gasteiger partial charge in [0.15, 0.2) is 0 Å². The van der Waals surface area contributed by atoms with Gasteiger partial charge in [-0.25, -0.2) is 0 Å². The number of rotatable bonds is 2. The number of nitrogens with zero attached hydrogens (tertiary/aromatic N) is 2. The lowest BCUT2D eigenvalue weighted by Crippen LogP contribution is -2.23. The SMILES string of the molecule is O=C(O)C1CCN(c2c(Cl)cncc2Cl)C1. The first-order valence-corrected chi connectivity index (χ1v) is 5.62. The first kappa shape index (κ1) is 11.5. The molecule has 16 heavy (non-hydrogen) atoms. The fourth-order valence-electron chi connectivity index (χ4n) is 1.87. The van der Waals surface area contributed by atoms with Crippen LogP contribution in [0.4, 0.5) is 5.69 Å². The highest BCUT2D eigenvalue weighted by Gasteiger charge is 2.30. The second-order valence-corrected chi connectivity index (χ2v) is 4.54. The molecule has 1 saturated heterocycles. The number of hydrogen-bond donors (Lipinski definition) is 1. The maximum absolute atomic E-state index is 10.8. The van der Waals surface area contributed by atoms with Crippen LogP contribution in [-0.4, -0.2) is 29.1 Å². The summed E-state index contributed by atoms with van der Waals surface area (Å²) in [6.45, 7) is 1.10. The molecule has 1 unspecified atom stereocenters. The summed E-state index contributed by atoms with van der Waals surface area (Å²) in [4.78, 5) is 16.6. The molecule has 1 aromatic rings. The Labute approximate surface area is 103 Å². The Balaban J connectivity index is 2.24. The summed E-state index contributed by atoms with van der Waals surface area (Å²) in [5, 5.41) is 9.83. The second kappa shape index (κ2) is 4.47. The van der Waals surface area contributed by atoms with Gasteiger partial charge in [0.1, 0.15) is 0 Å². The van der Waals surface area contributed by atoms with Gasteiger partial charge in [-0.05, 0) is 6.42 Å². The molecule has 86 valence electrons. The molecule has 1 fully saturated rings. The molecule has 6 heteroatoms. The van der Waals surface area contributed by atoms with Crippen LogP contribution in [0.2, 0.25) is 10.0 Å². The number of carboxylic acids is 1.